The van der Waals surface area contributed by atoms with Crippen LogP contribution < -0.4 is 9.47 Å². The Morgan fingerprint density at radius 3 is 2.59 bits per heavy atom. The summed E-state index contributed by atoms with van der Waals surface area (Å²) in [7, 11) is 1.54. The van der Waals surface area contributed by atoms with Gasteiger partial charge in [-0.3, -0.25) is 10.1 Å². The van der Waals surface area contributed by atoms with Crippen molar-refractivity contribution in [1.29, 1.82) is 0 Å². The van der Waals surface area contributed by atoms with E-state index in [9.17, 15) is 14.9 Å². The average Bonchev–Trinajstić information content (AvgIpc) is 3.18. The van der Waals surface area contributed by atoms with Gasteiger partial charge in [0.15, 0.2) is 17.2 Å². The predicted octanol–water partition coefficient (Wildman–Crippen LogP) is 5.14. The number of carbonyl (C=O) groups excluding carboxylic acids is 1. The highest BCUT2D eigenvalue weighted by Crippen LogP contribution is 2.31. The fourth-order valence-electron chi connectivity index (χ4n) is 3.56. The van der Waals surface area contributed by atoms with Gasteiger partial charge in [0.05, 0.1) is 12.0 Å². The standard InChI is InChI=1S/C26H22N2O6/c1-16-7-4-5-8-19(16)15-33-23-12-11-18(14-24(23)32-3)13-21-26(29)34-25(27-21)20-9-6-10-22(17(20)2)28(30)31/h4-14H,15H2,1-3H3/b21-13-. The maximum atomic E-state index is 12.4. The molecule has 0 aromatic heterocycles. The zero-order chi connectivity index (χ0) is 24.2. The number of nitro groups is 1. The number of cyclic esters (lactones) is 1. The van der Waals surface area contributed by atoms with Crippen molar-refractivity contribution in [3.8, 4) is 11.5 Å². The number of aryl methyl sites for hydroxylation is 1. The van der Waals surface area contributed by atoms with Crippen molar-refractivity contribution in [2.45, 2.75) is 20.5 Å². The molecule has 0 radical (unpaired) electrons. The zero-order valence-electron chi connectivity index (χ0n) is 18.9. The third-order valence-electron chi connectivity index (χ3n) is 5.49. The summed E-state index contributed by atoms with van der Waals surface area (Å²) in [4.78, 5) is 27.4. The van der Waals surface area contributed by atoms with Gasteiger partial charge in [-0.25, -0.2) is 9.79 Å². The van der Waals surface area contributed by atoms with Crippen LogP contribution in [0.25, 0.3) is 6.08 Å². The topological polar surface area (TPSA) is 100 Å². The highest BCUT2D eigenvalue weighted by Gasteiger charge is 2.27. The molecule has 0 fully saturated rings. The monoisotopic (exact) mass is 458 g/mol. The number of ether oxygens (including phenoxy) is 3. The molecule has 3 aromatic carbocycles. The van der Waals surface area contributed by atoms with E-state index in [1.807, 2.05) is 31.2 Å². The van der Waals surface area contributed by atoms with E-state index < -0.39 is 10.9 Å². The molecule has 172 valence electrons. The third-order valence-corrected chi connectivity index (χ3v) is 5.49. The molecule has 3 aromatic rings. The van der Waals surface area contributed by atoms with E-state index in [-0.39, 0.29) is 17.3 Å². The first-order chi connectivity index (χ1) is 16.4. The maximum absolute atomic E-state index is 12.4. The van der Waals surface area contributed by atoms with E-state index in [0.717, 1.165) is 11.1 Å². The van der Waals surface area contributed by atoms with Gasteiger partial charge in [-0.1, -0.05) is 36.4 Å². The second-order valence-electron chi connectivity index (χ2n) is 7.67. The Morgan fingerprint density at radius 1 is 1.06 bits per heavy atom. The van der Waals surface area contributed by atoms with Crippen LogP contribution in [0.1, 0.15) is 27.8 Å². The highest BCUT2D eigenvalue weighted by atomic mass is 16.6. The minimum atomic E-state index is -0.639. The summed E-state index contributed by atoms with van der Waals surface area (Å²) in [6.45, 7) is 4.01. The molecule has 0 bridgehead atoms. The Hall–Kier alpha value is -4.46. The number of aliphatic imine (C=N–C) groups is 1. The Balaban J connectivity index is 1.58. The summed E-state index contributed by atoms with van der Waals surface area (Å²) in [6, 6.07) is 17.8. The fourth-order valence-corrected chi connectivity index (χ4v) is 3.56. The summed E-state index contributed by atoms with van der Waals surface area (Å²) in [5.41, 5.74) is 3.64. The van der Waals surface area contributed by atoms with Crippen LogP contribution >= 0.6 is 0 Å². The lowest BCUT2D eigenvalue weighted by Gasteiger charge is -2.12. The molecule has 0 N–H and O–H groups in total. The van der Waals surface area contributed by atoms with E-state index in [4.69, 9.17) is 14.2 Å². The Labute approximate surface area is 196 Å². The normalized spacial score (nSPS) is 14.0. The van der Waals surface area contributed by atoms with Crippen LogP contribution in [-0.2, 0) is 16.1 Å². The average molecular weight is 458 g/mol. The summed E-state index contributed by atoms with van der Waals surface area (Å²) >= 11 is 0. The van der Waals surface area contributed by atoms with Crippen LogP contribution in [0, 0.1) is 24.0 Å². The van der Waals surface area contributed by atoms with Gasteiger partial charge < -0.3 is 14.2 Å². The van der Waals surface area contributed by atoms with E-state index in [0.29, 0.717) is 34.8 Å². The molecule has 1 aliphatic rings. The molecule has 1 heterocycles. The zero-order valence-corrected chi connectivity index (χ0v) is 18.9. The van der Waals surface area contributed by atoms with Crippen molar-refractivity contribution in [2.75, 3.05) is 7.11 Å². The molecule has 4 rings (SSSR count). The Bertz CT molecular complexity index is 1340. The Kier molecular flexibility index (Phi) is 6.40. The molecule has 8 nitrogen and oxygen atoms in total. The van der Waals surface area contributed by atoms with Crippen LogP contribution in [0.3, 0.4) is 0 Å². The van der Waals surface area contributed by atoms with Crippen LogP contribution in [0.4, 0.5) is 5.69 Å². The van der Waals surface area contributed by atoms with Gasteiger partial charge >= 0.3 is 5.97 Å². The lowest BCUT2D eigenvalue weighted by Crippen LogP contribution is -2.08. The second-order valence-corrected chi connectivity index (χ2v) is 7.67. The summed E-state index contributed by atoms with van der Waals surface area (Å²) in [5.74, 6) is 0.466. The first-order valence-electron chi connectivity index (χ1n) is 10.5. The van der Waals surface area contributed by atoms with Crippen molar-refractivity contribution < 1.29 is 23.9 Å². The minimum absolute atomic E-state index is 0.0302. The van der Waals surface area contributed by atoms with Gasteiger partial charge in [0.1, 0.15) is 6.61 Å². The quantitative estimate of drug-likeness (QED) is 0.210. The van der Waals surface area contributed by atoms with Gasteiger partial charge in [0.2, 0.25) is 5.90 Å². The number of benzene rings is 3. The van der Waals surface area contributed by atoms with Gasteiger partial charge in [-0.2, -0.15) is 0 Å². The highest BCUT2D eigenvalue weighted by molar-refractivity contribution is 6.13. The van der Waals surface area contributed by atoms with Crippen LogP contribution in [0.15, 0.2) is 71.4 Å². The number of nitrogens with zero attached hydrogens (tertiary/aromatic N) is 2. The molecule has 1 aliphatic heterocycles. The molecule has 0 atom stereocenters. The van der Waals surface area contributed by atoms with E-state index in [1.54, 1.807) is 37.3 Å². The van der Waals surface area contributed by atoms with Crippen molar-refractivity contribution in [2.24, 2.45) is 4.99 Å². The summed E-state index contributed by atoms with van der Waals surface area (Å²) in [6.07, 6.45) is 1.57. The van der Waals surface area contributed by atoms with Gasteiger partial charge in [-0.05, 0) is 54.8 Å². The number of esters is 1. The molecule has 0 saturated carbocycles. The number of nitro benzene ring substituents is 1. The maximum Gasteiger partial charge on any atom is 0.363 e. The largest absolute Gasteiger partial charge is 0.493 e. The number of carbonyl (C=O) groups is 1. The Morgan fingerprint density at radius 2 is 1.85 bits per heavy atom. The van der Waals surface area contributed by atoms with Crippen molar-refractivity contribution >= 4 is 23.6 Å². The van der Waals surface area contributed by atoms with Crippen molar-refractivity contribution in [3.05, 3.63) is 104 Å². The van der Waals surface area contributed by atoms with E-state index >= 15 is 0 Å². The van der Waals surface area contributed by atoms with Crippen LogP contribution in [0.5, 0.6) is 11.5 Å². The van der Waals surface area contributed by atoms with E-state index in [1.165, 1.54) is 19.2 Å². The third kappa shape index (κ3) is 4.66. The number of methoxy groups -OCH3 is 1. The molecular weight excluding hydrogens is 436 g/mol. The molecule has 0 spiro atoms. The van der Waals surface area contributed by atoms with E-state index in [2.05, 4.69) is 4.99 Å². The molecular formula is C26H22N2O6. The molecule has 0 aliphatic carbocycles. The summed E-state index contributed by atoms with van der Waals surface area (Å²) in [5, 5.41) is 11.2. The van der Waals surface area contributed by atoms with Crippen molar-refractivity contribution in [3.63, 3.8) is 0 Å². The fraction of sp³-hybridized carbons (Fsp3) is 0.154. The first-order valence-corrected chi connectivity index (χ1v) is 10.5. The van der Waals surface area contributed by atoms with Gasteiger partial charge in [-0.15, -0.1) is 0 Å². The SMILES string of the molecule is COc1cc(/C=C2\N=C(c3cccc([N+](=O)[O-])c3C)OC2=O)ccc1OCc1ccccc1C. The second kappa shape index (κ2) is 9.58. The van der Waals surface area contributed by atoms with Crippen LogP contribution in [-0.4, -0.2) is 23.9 Å². The van der Waals surface area contributed by atoms with Gasteiger partial charge in [0, 0.05) is 17.2 Å². The number of hydrogen-bond donors (Lipinski definition) is 0. The number of hydrogen-bond acceptors (Lipinski definition) is 7. The number of rotatable bonds is 7. The van der Waals surface area contributed by atoms with Crippen molar-refractivity contribution in [1.82, 2.24) is 0 Å². The molecule has 0 unspecified atom stereocenters. The smallest absolute Gasteiger partial charge is 0.363 e. The molecule has 8 heteroatoms. The lowest BCUT2D eigenvalue weighted by atomic mass is 10.1. The predicted molar refractivity (Wildman–Crippen MR) is 127 cm³/mol. The molecule has 0 amide bonds. The lowest BCUT2D eigenvalue weighted by molar-refractivity contribution is -0.385. The van der Waals surface area contributed by atoms with Crippen LogP contribution in [0.2, 0.25) is 0 Å². The molecule has 0 saturated heterocycles. The first kappa shape index (κ1) is 22.7. The summed E-state index contributed by atoms with van der Waals surface area (Å²) < 4.78 is 16.7. The molecule has 34 heavy (non-hydrogen) atoms. The van der Waals surface area contributed by atoms with Gasteiger partial charge in [0.25, 0.3) is 5.69 Å². The minimum Gasteiger partial charge on any atom is -0.493 e.